The smallest absolute Gasteiger partial charge is 0.325 e. The van der Waals surface area contributed by atoms with Gasteiger partial charge < -0.3 is 9.84 Å². The van der Waals surface area contributed by atoms with E-state index in [2.05, 4.69) is 18.7 Å². The summed E-state index contributed by atoms with van der Waals surface area (Å²) in [5.74, 6) is 1.12. The molecular formula is C18H25NO3. The molecule has 2 atom stereocenters. The standard InChI is InChI=1S/C18H25NO3/c1-12(2)13-10-15-14(6-5-7-16(15)22-11-13)17(18(20)21)19-8-3-4-9-19/h5-7,12-13,17H,3-4,8-11H2,1-2H3,(H,20,21). The summed E-state index contributed by atoms with van der Waals surface area (Å²) in [5.41, 5.74) is 2.03. The number of ether oxygens (including phenoxy) is 1. The van der Waals surface area contributed by atoms with Gasteiger partial charge in [-0.3, -0.25) is 9.69 Å². The third-order valence-corrected chi connectivity index (χ3v) is 5.07. The number of rotatable bonds is 4. The van der Waals surface area contributed by atoms with Gasteiger partial charge in [0.1, 0.15) is 11.8 Å². The second-order valence-electron chi connectivity index (χ2n) is 6.83. The van der Waals surface area contributed by atoms with Crippen LogP contribution in [0.25, 0.3) is 0 Å². The highest BCUT2D eigenvalue weighted by Crippen LogP contribution is 2.37. The van der Waals surface area contributed by atoms with Crippen LogP contribution in [0.3, 0.4) is 0 Å². The summed E-state index contributed by atoms with van der Waals surface area (Å²) >= 11 is 0. The van der Waals surface area contributed by atoms with Crippen LogP contribution < -0.4 is 4.74 Å². The molecule has 2 unspecified atom stereocenters. The number of carboxylic acid groups (broad SMARTS) is 1. The minimum atomic E-state index is -0.748. The highest BCUT2D eigenvalue weighted by Gasteiger charge is 2.34. The first kappa shape index (κ1) is 15.3. The van der Waals surface area contributed by atoms with Crippen molar-refractivity contribution in [2.24, 2.45) is 11.8 Å². The molecule has 2 aliphatic heterocycles. The monoisotopic (exact) mass is 303 g/mol. The topological polar surface area (TPSA) is 49.8 Å². The van der Waals surface area contributed by atoms with E-state index in [4.69, 9.17) is 4.74 Å². The average Bonchev–Trinajstić information content (AvgIpc) is 3.00. The van der Waals surface area contributed by atoms with E-state index in [1.54, 1.807) is 0 Å². The van der Waals surface area contributed by atoms with Crippen molar-refractivity contribution in [2.75, 3.05) is 19.7 Å². The van der Waals surface area contributed by atoms with Crippen LogP contribution in [0.4, 0.5) is 0 Å². The van der Waals surface area contributed by atoms with Crippen molar-refractivity contribution < 1.29 is 14.6 Å². The van der Waals surface area contributed by atoms with Gasteiger partial charge in [0.05, 0.1) is 6.61 Å². The predicted octanol–water partition coefficient (Wildman–Crippen LogP) is 3.12. The van der Waals surface area contributed by atoms with Crippen molar-refractivity contribution in [3.8, 4) is 5.75 Å². The molecule has 1 N–H and O–H groups in total. The maximum Gasteiger partial charge on any atom is 0.325 e. The summed E-state index contributed by atoms with van der Waals surface area (Å²) in [6.45, 7) is 6.88. The first-order valence-corrected chi connectivity index (χ1v) is 8.29. The number of nitrogens with zero attached hydrogens (tertiary/aromatic N) is 1. The molecule has 0 radical (unpaired) electrons. The number of benzene rings is 1. The van der Waals surface area contributed by atoms with Gasteiger partial charge in [0.15, 0.2) is 0 Å². The summed E-state index contributed by atoms with van der Waals surface area (Å²) < 4.78 is 5.92. The minimum Gasteiger partial charge on any atom is -0.493 e. The number of carboxylic acids is 1. The Labute approximate surface area is 132 Å². The first-order valence-electron chi connectivity index (χ1n) is 8.29. The van der Waals surface area contributed by atoms with Crippen LogP contribution in [0, 0.1) is 11.8 Å². The Bertz CT molecular complexity index is 549. The number of aliphatic carboxylic acids is 1. The van der Waals surface area contributed by atoms with E-state index in [0.717, 1.165) is 55.8 Å². The molecule has 1 saturated heterocycles. The molecule has 2 heterocycles. The second-order valence-corrected chi connectivity index (χ2v) is 6.83. The zero-order valence-corrected chi connectivity index (χ0v) is 13.4. The second kappa shape index (κ2) is 6.29. The summed E-state index contributed by atoms with van der Waals surface area (Å²) in [5, 5.41) is 9.78. The van der Waals surface area contributed by atoms with Crippen molar-refractivity contribution >= 4 is 5.97 Å². The molecule has 0 aliphatic carbocycles. The van der Waals surface area contributed by atoms with Gasteiger partial charge in [0.25, 0.3) is 0 Å². The average molecular weight is 303 g/mol. The summed E-state index contributed by atoms with van der Waals surface area (Å²) in [7, 11) is 0. The third kappa shape index (κ3) is 2.84. The van der Waals surface area contributed by atoms with Crippen LogP contribution in [0.15, 0.2) is 18.2 Å². The lowest BCUT2D eigenvalue weighted by atomic mass is 9.84. The van der Waals surface area contributed by atoms with Gasteiger partial charge in [0, 0.05) is 0 Å². The fraction of sp³-hybridized carbons (Fsp3) is 0.611. The molecule has 3 rings (SSSR count). The maximum atomic E-state index is 11.9. The van der Waals surface area contributed by atoms with E-state index in [9.17, 15) is 9.90 Å². The van der Waals surface area contributed by atoms with Gasteiger partial charge >= 0.3 is 5.97 Å². The van der Waals surface area contributed by atoms with Crippen LogP contribution in [0.2, 0.25) is 0 Å². The number of carbonyl (C=O) groups is 1. The van der Waals surface area contributed by atoms with Crippen molar-refractivity contribution in [1.82, 2.24) is 4.90 Å². The van der Waals surface area contributed by atoms with Crippen LogP contribution in [0.5, 0.6) is 5.75 Å². The van der Waals surface area contributed by atoms with E-state index in [1.807, 2.05) is 18.2 Å². The van der Waals surface area contributed by atoms with E-state index in [1.165, 1.54) is 0 Å². The zero-order valence-electron chi connectivity index (χ0n) is 13.4. The number of hydrogen-bond acceptors (Lipinski definition) is 3. The van der Waals surface area contributed by atoms with Crippen molar-refractivity contribution in [3.63, 3.8) is 0 Å². The van der Waals surface area contributed by atoms with Crippen LogP contribution in [-0.4, -0.2) is 35.7 Å². The lowest BCUT2D eigenvalue weighted by Crippen LogP contribution is -2.34. The number of likely N-dealkylation sites (tertiary alicyclic amines) is 1. The van der Waals surface area contributed by atoms with Crippen molar-refractivity contribution in [1.29, 1.82) is 0 Å². The quantitative estimate of drug-likeness (QED) is 0.928. The van der Waals surface area contributed by atoms with Gasteiger partial charge in [-0.2, -0.15) is 0 Å². The van der Waals surface area contributed by atoms with Crippen LogP contribution >= 0.6 is 0 Å². The molecule has 2 aliphatic rings. The van der Waals surface area contributed by atoms with Crippen LogP contribution in [0.1, 0.15) is 43.9 Å². The molecule has 1 aromatic carbocycles. The lowest BCUT2D eigenvalue weighted by molar-refractivity contribution is -0.143. The molecular weight excluding hydrogens is 278 g/mol. The van der Waals surface area contributed by atoms with E-state index >= 15 is 0 Å². The largest absolute Gasteiger partial charge is 0.493 e. The molecule has 0 bridgehead atoms. The molecule has 4 heteroatoms. The molecule has 120 valence electrons. The zero-order chi connectivity index (χ0) is 15.7. The van der Waals surface area contributed by atoms with Crippen molar-refractivity contribution in [3.05, 3.63) is 29.3 Å². The molecule has 1 fully saturated rings. The molecule has 0 amide bonds. The predicted molar refractivity (Wildman–Crippen MR) is 85.2 cm³/mol. The summed E-state index contributed by atoms with van der Waals surface area (Å²) in [6.07, 6.45) is 3.09. The molecule has 22 heavy (non-hydrogen) atoms. The molecule has 4 nitrogen and oxygen atoms in total. The first-order chi connectivity index (χ1) is 10.6. The Morgan fingerprint density at radius 1 is 1.32 bits per heavy atom. The Kier molecular flexibility index (Phi) is 4.39. The maximum absolute atomic E-state index is 11.9. The Morgan fingerprint density at radius 3 is 2.68 bits per heavy atom. The van der Waals surface area contributed by atoms with E-state index < -0.39 is 12.0 Å². The molecule has 0 saturated carbocycles. The number of fused-ring (bicyclic) bond motifs is 1. The van der Waals surface area contributed by atoms with Gasteiger partial charge in [-0.15, -0.1) is 0 Å². The minimum absolute atomic E-state index is 0.460. The summed E-state index contributed by atoms with van der Waals surface area (Å²) in [6, 6.07) is 5.34. The van der Waals surface area contributed by atoms with Gasteiger partial charge in [-0.1, -0.05) is 26.0 Å². The Morgan fingerprint density at radius 2 is 2.05 bits per heavy atom. The molecule has 0 aromatic heterocycles. The Hall–Kier alpha value is -1.55. The molecule has 1 aromatic rings. The van der Waals surface area contributed by atoms with Gasteiger partial charge in [0.2, 0.25) is 0 Å². The highest BCUT2D eigenvalue weighted by atomic mass is 16.5. The fourth-order valence-corrected chi connectivity index (χ4v) is 3.62. The summed E-state index contributed by atoms with van der Waals surface area (Å²) in [4.78, 5) is 14.0. The SMILES string of the molecule is CC(C)C1COc2cccc(C(C(=O)O)N3CCCC3)c2C1. The van der Waals surface area contributed by atoms with E-state index in [-0.39, 0.29) is 0 Å². The lowest BCUT2D eigenvalue weighted by Gasteiger charge is -2.32. The van der Waals surface area contributed by atoms with Crippen LogP contribution in [-0.2, 0) is 11.2 Å². The fourth-order valence-electron chi connectivity index (χ4n) is 3.62. The Balaban J connectivity index is 1.97. The van der Waals surface area contributed by atoms with Crippen molar-refractivity contribution in [2.45, 2.75) is 39.2 Å². The van der Waals surface area contributed by atoms with Gasteiger partial charge in [-0.05, 0) is 61.4 Å². The van der Waals surface area contributed by atoms with Gasteiger partial charge in [-0.25, -0.2) is 0 Å². The van der Waals surface area contributed by atoms with E-state index in [0.29, 0.717) is 11.8 Å². The molecule has 0 spiro atoms. The normalized spacial score (nSPS) is 23.1. The third-order valence-electron chi connectivity index (χ3n) is 5.07. The highest BCUT2D eigenvalue weighted by molar-refractivity contribution is 5.76. The number of hydrogen-bond donors (Lipinski definition) is 1.